The van der Waals surface area contributed by atoms with Crippen molar-refractivity contribution in [2.24, 2.45) is 0 Å². The molecule has 0 saturated heterocycles. The van der Waals surface area contributed by atoms with E-state index in [9.17, 15) is 9.50 Å². The molecule has 1 aromatic heterocycles. The predicted molar refractivity (Wildman–Crippen MR) is 136 cm³/mol. The topological polar surface area (TPSA) is 93.6 Å². The molecule has 6 N–H and O–H groups in total. The van der Waals surface area contributed by atoms with Crippen molar-refractivity contribution in [2.45, 2.75) is 25.7 Å². The Morgan fingerprint density at radius 1 is 1.03 bits per heavy atom. The monoisotopic (exact) mass is 534 g/mol. The fourth-order valence-electron chi connectivity index (χ4n) is 3.87. The maximum Gasteiger partial charge on any atom is 0.203 e. The lowest BCUT2D eigenvalue weighted by molar-refractivity contribution is -0.308. The Hall–Kier alpha value is -2.81. The minimum Gasteiger partial charge on any atom is -0.387 e. The molecule has 10 heteroatoms. The van der Waals surface area contributed by atoms with E-state index in [2.05, 4.69) is 11.1 Å². The summed E-state index contributed by atoms with van der Waals surface area (Å²) in [5.41, 5.74) is 7.88. The number of quaternary nitrogens is 1. The Morgan fingerprint density at radius 2 is 1.83 bits per heavy atom. The van der Waals surface area contributed by atoms with E-state index in [1.807, 2.05) is 12.1 Å². The van der Waals surface area contributed by atoms with Gasteiger partial charge in [-0.2, -0.15) is 0 Å². The van der Waals surface area contributed by atoms with E-state index in [0.717, 1.165) is 16.6 Å². The summed E-state index contributed by atoms with van der Waals surface area (Å²) < 4.78 is 16.9. The first kappa shape index (κ1) is 25.3. The molecule has 182 valence electrons. The summed E-state index contributed by atoms with van der Waals surface area (Å²) >= 11 is 18.4. The SMILES string of the molecule is N=c1n(C/C([NH3+])=C/NCc2cccc(F)c2)c2cc(Cl)ccc2n1CC(O)c1ccc(Cl)c(Cl)c1. The Kier molecular flexibility index (Phi) is 7.84. The zero-order chi connectivity index (χ0) is 25.1. The number of nitrogens with zero attached hydrogens (tertiary/aromatic N) is 2. The van der Waals surface area contributed by atoms with Gasteiger partial charge in [-0.15, -0.1) is 0 Å². The number of fused-ring (bicyclic) bond motifs is 1. The first-order chi connectivity index (χ1) is 16.7. The van der Waals surface area contributed by atoms with Gasteiger partial charge in [0.15, 0.2) is 0 Å². The molecule has 6 nitrogen and oxygen atoms in total. The van der Waals surface area contributed by atoms with Crippen LogP contribution in [0.3, 0.4) is 0 Å². The van der Waals surface area contributed by atoms with Gasteiger partial charge in [-0.05, 0) is 53.6 Å². The first-order valence-corrected chi connectivity index (χ1v) is 11.9. The second kappa shape index (κ2) is 10.8. The number of aromatic nitrogens is 2. The van der Waals surface area contributed by atoms with Crippen LogP contribution in [0.15, 0.2) is 72.6 Å². The van der Waals surface area contributed by atoms with Crippen molar-refractivity contribution < 1.29 is 15.2 Å². The molecule has 1 atom stereocenters. The molecule has 1 unspecified atom stereocenters. The van der Waals surface area contributed by atoms with Crippen molar-refractivity contribution in [1.82, 2.24) is 14.5 Å². The molecule has 1 heterocycles. The number of halogens is 4. The van der Waals surface area contributed by atoms with Crippen LogP contribution >= 0.6 is 34.8 Å². The quantitative estimate of drug-likeness (QED) is 0.265. The van der Waals surface area contributed by atoms with E-state index >= 15 is 0 Å². The van der Waals surface area contributed by atoms with Gasteiger partial charge in [-0.25, -0.2) is 4.39 Å². The molecule has 3 aromatic carbocycles. The lowest BCUT2D eigenvalue weighted by Crippen LogP contribution is -2.50. The van der Waals surface area contributed by atoms with E-state index in [1.165, 1.54) is 12.1 Å². The number of aliphatic hydroxyl groups excluding tert-OH is 1. The highest BCUT2D eigenvalue weighted by atomic mass is 35.5. The smallest absolute Gasteiger partial charge is 0.203 e. The third-order valence-electron chi connectivity index (χ3n) is 5.58. The maximum absolute atomic E-state index is 13.4. The molecule has 0 fully saturated rings. The zero-order valence-electron chi connectivity index (χ0n) is 18.6. The second-order valence-corrected chi connectivity index (χ2v) is 9.41. The molecule has 0 saturated carbocycles. The van der Waals surface area contributed by atoms with Crippen molar-refractivity contribution in [3.8, 4) is 0 Å². The van der Waals surface area contributed by atoms with E-state index in [4.69, 9.17) is 40.2 Å². The van der Waals surface area contributed by atoms with Crippen molar-refractivity contribution in [1.29, 1.82) is 5.41 Å². The summed E-state index contributed by atoms with van der Waals surface area (Å²) in [5.74, 6) is -0.287. The summed E-state index contributed by atoms with van der Waals surface area (Å²) in [6.45, 7) is 0.899. The lowest BCUT2D eigenvalue weighted by Gasteiger charge is -2.13. The molecule has 0 amide bonds. The van der Waals surface area contributed by atoms with Crippen LogP contribution in [-0.2, 0) is 19.6 Å². The van der Waals surface area contributed by atoms with Gasteiger partial charge >= 0.3 is 0 Å². The second-order valence-electron chi connectivity index (χ2n) is 8.16. The summed E-state index contributed by atoms with van der Waals surface area (Å²) in [6, 6.07) is 16.7. The number of aliphatic hydroxyl groups is 1. The zero-order valence-corrected chi connectivity index (χ0v) is 20.9. The maximum atomic E-state index is 13.4. The third-order valence-corrected chi connectivity index (χ3v) is 6.55. The lowest BCUT2D eigenvalue weighted by atomic mass is 10.1. The van der Waals surface area contributed by atoms with Crippen LogP contribution in [0.4, 0.5) is 4.39 Å². The van der Waals surface area contributed by atoms with Gasteiger partial charge in [0.25, 0.3) is 0 Å². The normalized spacial score (nSPS) is 12.8. The van der Waals surface area contributed by atoms with Gasteiger partial charge in [0.05, 0.1) is 39.9 Å². The van der Waals surface area contributed by atoms with Crippen LogP contribution < -0.4 is 16.7 Å². The summed E-state index contributed by atoms with van der Waals surface area (Å²) in [5, 5.41) is 24.1. The van der Waals surface area contributed by atoms with Crippen molar-refractivity contribution >= 4 is 45.8 Å². The average Bonchev–Trinajstić information content (AvgIpc) is 3.06. The van der Waals surface area contributed by atoms with Crippen LogP contribution in [0.1, 0.15) is 17.2 Å². The number of nitrogens with one attached hydrogen (secondary N) is 2. The Morgan fingerprint density at radius 3 is 2.57 bits per heavy atom. The molecule has 0 aliphatic rings. The van der Waals surface area contributed by atoms with Crippen LogP contribution in [0.2, 0.25) is 15.1 Å². The van der Waals surface area contributed by atoms with Gasteiger partial charge < -0.3 is 25.3 Å². The van der Waals surface area contributed by atoms with Crippen LogP contribution in [0.25, 0.3) is 11.0 Å². The van der Waals surface area contributed by atoms with Crippen molar-refractivity contribution in [2.75, 3.05) is 0 Å². The predicted octanol–water partition coefficient (Wildman–Crippen LogP) is 4.63. The summed E-state index contributed by atoms with van der Waals surface area (Å²) in [7, 11) is 0. The molecule has 4 aromatic rings. The van der Waals surface area contributed by atoms with E-state index in [-0.39, 0.29) is 18.0 Å². The highest BCUT2D eigenvalue weighted by molar-refractivity contribution is 6.42. The van der Waals surface area contributed by atoms with Crippen LogP contribution in [0.5, 0.6) is 0 Å². The van der Waals surface area contributed by atoms with Gasteiger partial charge in [0.1, 0.15) is 18.1 Å². The molecule has 35 heavy (non-hydrogen) atoms. The molecule has 0 aliphatic heterocycles. The number of hydrogen-bond donors (Lipinski definition) is 4. The third kappa shape index (κ3) is 5.89. The number of benzene rings is 3. The van der Waals surface area contributed by atoms with Crippen molar-refractivity contribution in [3.05, 3.63) is 110 Å². The number of imidazole rings is 1. The molecule has 0 radical (unpaired) electrons. The number of allylic oxidation sites excluding steroid dienone is 1. The molecular weight excluding hydrogens is 512 g/mol. The Bertz CT molecular complexity index is 1460. The number of hydrogen-bond acceptors (Lipinski definition) is 3. The highest BCUT2D eigenvalue weighted by Crippen LogP contribution is 2.27. The molecular formula is C25H24Cl3FN5O+. The van der Waals surface area contributed by atoms with E-state index in [0.29, 0.717) is 39.4 Å². The summed E-state index contributed by atoms with van der Waals surface area (Å²) in [4.78, 5) is 0. The van der Waals surface area contributed by atoms with E-state index in [1.54, 1.807) is 51.7 Å². The van der Waals surface area contributed by atoms with E-state index < -0.39 is 6.10 Å². The average molecular weight is 536 g/mol. The molecule has 0 spiro atoms. The minimum absolute atomic E-state index is 0.135. The van der Waals surface area contributed by atoms with Gasteiger partial charge in [-0.1, -0.05) is 53.0 Å². The minimum atomic E-state index is -0.906. The standard InChI is InChI=1S/C25H23Cl3FN5O/c26-17-5-7-22-23(10-17)33(13-19(30)12-32-11-15-2-1-3-18(29)8-15)25(31)34(22)14-24(35)16-4-6-20(27)21(28)9-16/h1-10,12,24,31-32,35H,11,13-14,30H2/p+1/b19-12-,31-25?. The Balaban J connectivity index is 1.59. The summed E-state index contributed by atoms with van der Waals surface area (Å²) in [6.07, 6.45) is 0.839. The first-order valence-electron chi connectivity index (χ1n) is 10.8. The van der Waals surface area contributed by atoms with Gasteiger partial charge in [-0.3, -0.25) is 5.41 Å². The Labute approximate surface area is 216 Å². The fourth-order valence-corrected chi connectivity index (χ4v) is 4.34. The van der Waals surface area contributed by atoms with Gasteiger partial charge in [0, 0.05) is 11.6 Å². The highest BCUT2D eigenvalue weighted by Gasteiger charge is 2.17. The molecule has 0 bridgehead atoms. The fraction of sp³-hybridized carbons (Fsp3) is 0.160. The van der Waals surface area contributed by atoms with Gasteiger partial charge in [0.2, 0.25) is 5.62 Å². The molecule has 0 aliphatic carbocycles. The van der Waals surface area contributed by atoms with Crippen LogP contribution in [-0.4, -0.2) is 14.2 Å². The number of rotatable bonds is 8. The van der Waals surface area contributed by atoms with Crippen molar-refractivity contribution in [3.63, 3.8) is 0 Å². The largest absolute Gasteiger partial charge is 0.387 e. The van der Waals surface area contributed by atoms with Crippen LogP contribution in [0, 0.1) is 11.2 Å². The molecule has 4 rings (SSSR count).